The quantitative estimate of drug-likeness (QED) is 0.718. The first-order valence-corrected chi connectivity index (χ1v) is 6.85. The molecule has 3 rings (SSSR count). The van der Waals surface area contributed by atoms with Gasteiger partial charge in [-0.1, -0.05) is 35.9 Å². The maximum atomic E-state index is 6.24. The van der Waals surface area contributed by atoms with E-state index in [9.17, 15) is 0 Å². The molecule has 2 nitrogen and oxygen atoms in total. The van der Waals surface area contributed by atoms with Gasteiger partial charge in [0, 0.05) is 15.8 Å². The molecule has 0 spiro atoms. The van der Waals surface area contributed by atoms with Crippen LogP contribution in [0.1, 0.15) is 16.5 Å². The van der Waals surface area contributed by atoms with Gasteiger partial charge < -0.3 is 5.73 Å². The Morgan fingerprint density at radius 2 is 2.00 bits per heavy atom. The minimum Gasteiger partial charge on any atom is -0.320 e. The predicted octanol–water partition coefficient (Wildman–Crippen LogP) is 4.00. The average molecular weight is 275 g/mol. The highest BCUT2D eigenvalue weighted by atomic mass is 35.5. The second kappa shape index (κ2) is 4.69. The molecule has 4 heteroatoms. The highest BCUT2D eigenvalue weighted by molar-refractivity contribution is 7.10. The number of fused-ring (bicyclic) bond motifs is 1. The third-order valence-electron chi connectivity index (χ3n) is 2.89. The first-order valence-electron chi connectivity index (χ1n) is 5.60. The third kappa shape index (κ3) is 2.01. The average Bonchev–Trinajstić information content (AvgIpc) is 2.91. The fourth-order valence-electron chi connectivity index (χ4n) is 1.95. The molecule has 0 aliphatic rings. The van der Waals surface area contributed by atoms with E-state index >= 15 is 0 Å². The summed E-state index contributed by atoms with van der Waals surface area (Å²) in [4.78, 5) is 5.49. The maximum Gasteiger partial charge on any atom is 0.134 e. The molecule has 0 aliphatic carbocycles. The van der Waals surface area contributed by atoms with Gasteiger partial charge in [-0.15, -0.1) is 11.3 Å². The van der Waals surface area contributed by atoms with E-state index < -0.39 is 0 Å². The van der Waals surface area contributed by atoms with E-state index in [1.54, 1.807) is 11.3 Å². The number of para-hydroxylation sites is 1. The summed E-state index contributed by atoms with van der Waals surface area (Å²) >= 11 is 7.86. The molecule has 3 aromatic rings. The number of rotatable bonds is 2. The second-order valence-electron chi connectivity index (χ2n) is 4.05. The van der Waals surface area contributed by atoms with Crippen LogP contribution in [0.25, 0.3) is 10.9 Å². The Morgan fingerprint density at radius 1 is 1.17 bits per heavy atom. The summed E-state index contributed by atoms with van der Waals surface area (Å²) in [5, 5.41) is 3.55. The van der Waals surface area contributed by atoms with Crippen molar-refractivity contribution in [3.63, 3.8) is 0 Å². The van der Waals surface area contributed by atoms with Crippen LogP contribution in [-0.4, -0.2) is 4.98 Å². The van der Waals surface area contributed by atoms with Crippen molar-refractivity contribution < 1.29 is 0 Å². The highest BCUT2D eigenvalue weighted by Crippen LogP contribution is 2.30. The molecule has 90 valence electrons. The molecule has 2 aromatic heterocycles. The van der Waals surface area contributed by atoms with E-state index in [-0.39, 0.29) is 6.04 Å². The first-order chi connectivity index (χ1) is 8.75. The van der Waals surface area contributed by atoms with Crippen molar-refractivity contribution in [2.45, 2.75) is 6.04 Å². The van der Waals surface area contributed by atoms with Crippen molar-refractivity contribution in [1.29, 1.82) is 0 Å². The number of nitrogens with zero attached hydrogens (tertiary/aromatic N) is 1. The molecule has 1 atom stereocenters. The Morgan fingerprint density at radius 3 is 2.78 bits per heavy atom. The largest absolute Gasteiger partial charge is 0.320 e. The van der Waals surface area contributed by atoms with Crippen LogP contribution in [0.5, 0.6) is 0 Å². The topological polar surface area (TPSA) is 38.9 Å². The monoisotopic (exact) mass is 274 g/mol. The van der Waals surface area contributed by atoms with Gasteiger partial charge in [-0.25, -0.2) is 4.98 Å². The molecule has 2 N–H and O–H groups in total. The fourth-order valence-corrected chi connectivity index (χ4v) is 2.96. The summed E-state index contributed by atoms with van der Waals surface area (Å²) in [6, 6.07) is 13.7. The summed E-state index contributed by atoms with van der Waals surface area (Å²) in [7, 11) is 0. The van der Waals surface area contributed by atoms with Gasteiger partial charge in [0.15, 0.2) is 0 Å². The maximum absolute atomic E-state index is 6.24. The van der Waals surface area contributed by atoms with Crippen molar-refractivity contribution in [1.82, 2.24) is 4.98 Å². The Kier molecular flexibility index (Phi) is 3.04. The van der Waals surface area contributed by atoms with Crippen molar-refractivity contribution in [2.75, 3.05) is 0 Å². The van der Waals surface area contributed by atoms with Gasteiger partial charge in [0.1, 0.15) is 5.15 Å². The Balaban J connectivity index is 2.14. The summed E-state index contributed by atoms with van der Waals surface area (Å²) < 4.78 is 0. The molecular formula is C14H11ClN2S. The summed E-state index contributed by atoms with van der Waals surface area (Å²) in [5.74, 6) is 0. The molecule has 0 unspecified atom stereocenters. The van der Waals surface area contributed by atoms with Gasteiger partial charge in [0.05, 0.1) is 11.6 Å². The van der Waals surface area contributed by atoms with Crippen LogP contribution in [0.15, 0.2) is 47.8 Å². The SMILES string of the molecule is N[C@@H](c1cccs1)c1cc2ccccc2nc1Cl. The van der Waals surface area contributed by atoms with Gasteiger partial charge in [0.2, 0.25) is 0 Å². The zero-order chi connectivity index (χ0) is 12.5. The van der Waals surface area contributed by atoms with Gasteiger partial charge in [-0.2, -0.15) is 0 Å². The van der Waals surface area contributed by atoms with Crippen molar-refractivity contribution in [3.8, 4) is 0 Å². The Labute approximate surface area is 114 Å². The molecule has 0 saturated heterocycles. The molecule has 18 heavy (non-hydrogen) atoms. The number of thiophene rings is 1. The Hall–Kier alpha value is -1.42. The standard InChI is InChI=1S/C14H11ClN2S/c15-14-10(13(16)12-6-3-7-18-12)8-9-4-1-2-5-11(9)17-14/h1-8,13H,16H2/t13-/m1/s1. The van der Waals surface area contributed by atoms with Crippen LogP contribution >= 0.6 is 22.9 Å². The summed E-state index contributed by atoms with van der Waals surface area (Å²) in [6.45, 7) is 0. The number of aromatic nitrogens is 1. The smallest absolute Gasteiger partial charge is 0.134 e. The molecule has 0 saturated carbocycles. The first kappa shape index (κ1) is 11.7. The van der Waals surface area contributed by atoms with Crippen molar-refractivity contribution in [3.05, 3.63) is 63.4 Å². The lowest BCUT2D eigenvalue weighted by Gasteiger charge is -2.12. The number of pyridine rings is 1. The molecule has 0 radical (unpaired) electrons. The third-order valence-corrected chi connectivity index (χ3v) is 4.15. The molecule has 0 fully saturated rings. The van der Waals surface area contributed by atoms with E-state index in [4.69, 9.17) is 17.3 Å². The number of halogens is 1. The van der Waals surface area contributed by atoms with Crippen LogP contribution in [-0.2, 0) is 0 Å². The van der Waals surface area contributed by atoms with Crippen molar-refractivity contribution >= 4 is 33.8 Å². The second-order valence-corrected chi connectivity index (χ2v) is 5.39. The van der Waals surface area contributed by atoms with Gasteiger partial charge >= 0.3 is 0 Å². The molecule has 0 aliphatic heterocycles. The van der Waals surface area contributed by atoms with E-state index in [0.717, 1.165) is 21.3 Å². The summed E-state index contributed by atoms with van der Waals surface area (Å²) in [5.41, 5.74) is 8.00. The minimum absolute atomic E-state index is 0.213. The molecule has 2 heterocycles. The normalized spacial score (nSPS) is 12.8. The van der Waals surface area contributed by atoms with E-state index in [0.29, 0.717) is 5.15 Å². The van der Waals surface area contributed by atoms with Crippen LogP contribution in [0.2, 0.25) is 5.15 Å². The minimum atomic E-state index is -0.213. The van der Waals surface area contributed by atoms with Crippen LogP contribution in [0, 0.1) is 0 Å². The number of hydrogen-bond acceptors (Lipinski definition) is 3. The van der Waals surface area contributed by atoms with E-state index in [1.807, 2.05) is 47.8 Å². The lowest BCUT2D eigenvalue weighted by atomic mass is 10.1. The van der Waals surface area contributed by atoms with Crippen LogP contribution in [0.4, 0.5) is 0 Å². The van der Waals surface area contributed by atoms with Crippen LogP contribution < -0.4 is 5.73 Å². The Bertz CT molecular complexity index is 679. The zero-order valence-electron chi connectivity index (χ0n) is 9.51. The number of nitrogens with two attached hydrogens (primary N) is 1. The van der Waals surface area contributed by atoms with Gasteiger partial charge in [-0.05, 0) is 23.6 Å². The fraction of sp³-hybridized carbons (Fsp3) is 0.0714. The number of benzene rings is 1. The summed E-state index contributed by atoms with van der Waals surface area (Å²) in [6.07, 6.45) is 0. The van der Waals surface area contributed by atoms with E-state index in [2.05, 4.69) is 4.98 Å². The molecule has 0 amide bonds. The highest BCUT2D eigenvalue weighted by Gasteiger charge is 2.15. The van der Waals surface area contributed by atoms with Gasteiger partial charge in [0.25, 0.3) is 0 Å². The lowest BCUT2D eigenvalue weighted by molar-refractivity contribution is 0.889. The molecule has 0 bridgehead atoms. The van der Waals surface area contributed by atoms with Crippen molar-refractivity contribution in [2.24, 2.45) is 5.73 Å². The predicted molar refractivity (Wildman–Crippen MR) is 77.1 cm³/mol. The molecular weight excluding hydrogens is 264 g/mol. The molecule has 1 aromatic carbocycles. The number of hydrogen-bond donors (Lipinski definition) is 1. The van der Waals surface area contributed by atoms with E-state index in [1.165, 1.54) is 0 Å². The van der Waals surface area contributed by atoms with Gasteiger partial charge in [-0.3, -0.25) is 0 Å². The van der Waals surface area contributed by atoms with Crippen LogP contribution in [0.3, 0.4) is 0 Å². The zero-order valence-corrected chi connectivity index (χ0v) is 11.1. The lowest BCUT2D eigenvalue weighted by Crippen LogP contribution is -2.11.